The summed E-state index contributed by atoms with van der Waals surface area (Å²) in [4.78, 5) is 33.8. The average molecular weight is 445 g/mol. The third-order valence-electron chi connectivity index (χ3n) is 5.27. The van der Waals surface area contributed by atoms with Gasteiger partial charge < -0.3 is 19.5 Å². The van der Waals surface area contributed by atoms with Crippen LogP contribution in [-0.4, -0.2) is 52.0 Å². The molecular formula is C23H20FN7O2. The molecule has 5 rings (SSSR count). The second kappa shape index (κ2) is 9.03. The van der Waals surface area contributed by atoms with Gasteiger partial charge in [-0.25, -0.2) is 19.9 Å². The normalized spacial score (nSPS) is 13.7. The molecule has 1 aromatic carbocycles. The first-order chi connectivity index (χ1) is 16.2. The van der Waals surface area contributed by atoms with Gasteiger partial charge in [-0.2, -0.15) is 4.39 Å². The third-order valence-corrected chi connectivity index (χ3v) is 5.27. The van der Waals surface area contributed by atoms with Gasteiger partial charge in [-0.05, 0) is 30.3 Å². The summed E-state index contributed by atoms with van der Waals surface area (Å²) in [6, 6.07) is 13.1. The number of hydrogen-bond donors (Lipinski definition) is 1. The Morgan fingerprint density at radius 3 is 2.33 bits per heavy atom. The number of anilines is 3. The lowest BCUT2D eigenvalue weighted by Crippen LogP contribution is -2.47. The van der Waals surface area contributed by atoms with E-state index in [-0.39, 0.29) is 5.89 Å². The largest absolute Gasteiger partial charge is 0.410 e. The van der Waals surface area contributed by atoms with Gasteiger partial charge in [0.1, 0.15) is 5.82 Å². The van der Waals surface area contributed by atoms with Gasteiger partial charge in [0, 0.05) is 44.1 Å². The van der Waals surface area contributed by atoms with Crippen molar-refractivity contribution in [1.82, 2.24) is 19.9 Å². The molecule has 1 saturated heterocycles. The van der Waals surface area contributed by atoms with Crippen molar-refractivity contribution >= 4 is 23.4 Å². The maximum Gasteiger partial charge on any atom is 0.311 e. The fourth-order valence-electron chi connectivity index (χ4n) is 3.57. The molecule has 3 aromatic heterocycles. The summed E-state index contributed by atoms with van der Waals surface area (Å²) in [5, 5.41) is 2.62. The monoisotopic (exact) mass is 445 g/mol. The lowest BCUT2D eigenvalue weighted by molar-refractivity contribution is 0.101. The van der Waals surface area contributed by atoms with Gasteiger partial charge in [-0.1, -0.05) is 18.2 Å². The van der Waals surface area contributed by atoms with E-state index < -0.39 is 17.6 Å². The van der Waals surface area contributed by atoms with E-state index in [2.05, 4.69) is 35.1 Å². The van der Waals surface area contributed by atoms with Crippen LogP contribution in [0, 0.1) is 6.01 Å². The highest BCUT2D eigenvalue weighted by atomic mass is 19.1. The van der Waals surface area contributed by atoms with Crippen molar-refractivity contribution in [2.24, 2.45) is 0 Å². The molecule has 33 heavy (non-hydrogen) atoms. The molecule has 0 radical (unpaired) electrons. The van der Waals surface area contributed by atoms with E-state index in [1.807, 2.05) is 12.1 Å². The smallest absolute Gasteiger partial charge is 0.311 e. The van der Waals surface area contributed by atoms with Crippen molar-refractivity contribution in [3.8, 4) is 11.5 Å². The summed E-state index contributed by atoms with van der Waals surface area (Å²) >= 11 is 0. The Labute approximate surface area is 188 Å². The topological polar surface area (TPSA) is 100 Å². The number of aromatic nitrogens is 4. The molecule has 0 spiro atoms. The highest BCUT2D eigenvalue weighted by Gasteiger charge is 2.22. The lowest BCUT2D eigenvalue weighted by atomic mass is 10.2. The van der Waals surface area contributed by atoms with Crippen LogP contribution in [0.5, 0.6) is 0 Å². The maximum absolute atomic E-state index is 14.2. The Morgan fingerprint density at radius 1 is 0.909 bits per heavy atom. The molecule has 1 N–H and O–H groups in total. The van der Waals surface area contributed by atoms with E-state index in [9.17, 15) is 9.18 Å². The average Bonchev–Trinajstić information content (AvgIpc) is 3.27. The minimum absolute atomic E-state index is 0.0479. The van der Waals surface area contributed by atoms with E-state index in [0.29, 0.717) is 11.3 Å². The van der Waals surface area contributed by atoms with Crippen LogP contribution in [0.1, 0.15) is 10.5 Å². The zero-order chi connectivity index (χ0) is 22.6. The number of carbonyl (C=O) groups is 1. The molecule has 1 fully saturated rings. The number of piperazine rings is 1. The van der Waals surface area contributed by atoms with Crippen molar-refractivity contribution in [2.75, 3.05) is 41.3 Å². The molecule has 4 heterocycles. The molecule has 0 aliphatic carbocycles. The second-order valence-electron chi connectivity index (χ2n) is 7.39. The van der Waals surface area contributed by atoms with Gasteiger partial charge in [-0.3, -0.25) is 4.79 Å². The number of rotatable bonds is 5. The standard InChI is InChI=1S/C23H20FN7O2/c24-20-19(29-22(33-20)16-5-2-1-3-6-16)21(32)28-17-7-8-18(27-15-17)30-11-13-31(14-12-30)23-25-9-4-10-26-23/h1-10,15H,11-14H2,(H,28,32). The first kappa shape index (κ1) is 20.6. The third kappa shape index (κ3) is 4.49. The fraction of sp³-hybridized carbons (Fsp3) is 0.174. The number of nitrogens with one attached hydrogen (secondary N) is 1. The summed E-state index contributed by atoms with van der Waals surface area (Å²) in [6.07, 6.45) is 5.00. The Bertz CT molecular complexity index is 1220. The summed E-state index contributed by atoms with van der Waals surface area (Å²) in [5.41, 5.74) is 0.612. The molecule has 1 aliphatic heterocycles. The molecule has 166 valence electrons. The molecule has 0 atom stereocenters. The van der Waals surface area contributed by atoms with Gasteiger partial charge >= 0.3 is 6.01 Å². The fourth-order valence-corrected chi connectivity index (χ4v) is 3.57. The van der Waals surface area contributed by atoms with Crippen LogP contribution in [0.15, 0.2) is 71.5 Å². The van der Waals surface area contributed by atoms with Crippen molar-refractivity contribution in [3.63, 3.8) is 0 Å². The van der Waals surface area contributed by atoms with Crippen LogP contribution in [0.3, 0.4) is 0 Å². The molecule has 0 bridgehead atoms. The van der Waals surface area contributed by atoms with Crippen molar-refractivity contribution in [3.05, 3.63) is 78.8 Å². The Balaban J connectivity index is 1.21. The van der Waals surface area contributed by atoms with E-state index >= 15 is 0 Å². The van der Waals surface area contributed by atoms with Crippen molar-refractivity contribution in [2.45, 2.75) is 0 Å². The van der Waals surface area contributed by atoms with Crippen molar-refractivity contribution in [1.29, 1.82) is 0 Å². The van der Waals surface area contributed by atoms with Crippen LogP contribution >= 0.6 is 0 Å². The molecule has 10 heteroatoms. The van der Waals surface area contributed by atoms with Gasteiger partial charge in [0.05, 0.1) is 11.9 Å². The quantitative estimate of drug-likeness (QED) is 0.500. The SMILES string of the molecule is O=C(Nc1ccc(N2CCN(c3ncccn3)CC2)nc1)c1nc(-c2ccccc2)oc1F. The molecule has 1 aliphatic rings. The number of halogens is 1. The summed E-state index contributed by atoms with van der Waals surface area (Å²) in [7, 11) is 0. The summed E-state index contributed by atoms with van der Waals surface area (Å²) < 4.78 is 19.2. The molecule has 4 aromatic rings. The Kier molecular flexibility index (Phi) is 5.62. The Morgan fingerprint density at radius 2 is 1.64 bits per heavy atom. The molecule has 1 amide bonds. The molecule has 9 nitrogen and oxygen atoms in total. The first-order valence-electron chi connectivity index (χ1n) is 10.4. The van der Waals surface area contributed by atoms with Crippen LogP contribution in [0.4, 0.5) is 21.8 Å². The van der Waals surface area contributed by atoms with Crippen LogP contribution in [-0.2, 0) is 0 Å². The van der Waals surface area contributed by atoms with Crippen LogP contribution in [0.25, 0.3) is 11.5 Å². The minimum atomic E-state index is -1.03. The van der Waals surface area contributed by atoms with E-state index in [1.165, 1.54) is 6.20 Å². The van der Waals surface area contributed by atoms with Gasteiger partial charge in [-0.15, -0.1) is 0 Å². The maximum atomic E-state index is 14.2. The number of benzene rings is 1. The number of oxazole rings is 1. The van der Waals surface area contributed by atoms with Gasteiger partial charge in [0.15, 0.2) is 0 Å². The van der Waals surface area contributed by atoms with E-state index in [4.69, 9.17) is 4.42 Å². The first-order valence-corrected chi connectivity index (χ1v) is 10.4. The van der Waals surface area contributed by atoms with Gasteiger partial charge in [0.25, 0.3) is 5.91 Å². The number of hydrogen-bond acceptors (Lipinski definition) is 8. The number of pyridine rings is 1. The molecule has 0 saturated carbocycles. The van der Waals surface area contributed by atoms with Crippen LogP contribution < -0.4 is 15.1 Å². The molecule has 0 unspecified atom stereocenters. The minimum Gasteiger partial charge on any atom is -0.410 e. The number of carbonyl (C=O) groups excluding carboxylic acids is 1. The van der Waals surface area contributed by atoms with Crippen molar-refractivity contribution < 1.29 is 13.6 Å². The predicted octanol–water partition coefficient (Wildman–Crippen LogP) is 3.24. The lowest BCUT2D eigenvalue weighted by Gasteiger charge is -2.35. The zero-order valence-corrected chi connectivity index (χ0v) is 17.6. The Hall–Kier alpha value is -4.34. The zero-order valence-electron chi connectivity index (χ0n) is 17.6. The summed E-state index contributed by atoms with van der Waals surface area (Å²) in [6.45, 7) is 3.09. The van der Waals surface area contributed by atoms with E-state index in [0.717, 1.165) is 37.9 Å². The predicted molar refractivity (Wildman–Crippen MR) is 121 cm³/mol. The summed E-state index contributed by atoms with van der Waals surface area (Å²) in [5.74, 6) is 0.857. The van der Waals surface area contributed by atoms with Crippen LogP contribution in [0.2, 0.25) is 0 Å². The highest BCUT2D eigenvalue weighted by Crippen LogP contribution is 2.22. The number of amides is 1. The molecular weight excluding hydrogens is 425 g/mol. The number of nitrogens with zero attached hydrogens (tertiary/aromatic N) is 6. The highest BCUT2D eigenvalue weighted by molar-refractivity contribution is 6.03. The van der Waals surface area contributed by atoms with Gasteiger partial charge in [0.2, 0.25) is 17.5 Å². The van der Waals surface area contributed by atoms with E-state index in [1.54, 1.807) is 48.8 Å². The second-order valence-corrected chi connectivity index (χ2v) is 7.39.